The fraction of sp³-hybridized carbons (Fsp3) is 0.0652. The summed E-state index contributed by atoms with van der Waals surface area (Å²) in [6.45, 7) is 2.02. The van der Waals surface area contributed by atoms with E-state index >= 15 is 0 Å². The lowest BCUT2D eigenvalue weighted by atomic mass is 9.91. The van der Waals surface area contributed by atoms with E-state index in [4.69, 9.17) is 19.4 Å². The molecule has 0 amide bonds. The van der Waals surface area contributed by atoms with E-state index < -0.39 is 0 Å². The molecular weight excluding hydrogens is 611 g/mol. The van der Waals surface area contributed by atoms with Gasteiger partial charge in [-0.05, 0) is 70.3 Å². The molecule has 1 unspecified atom stereocenters. The molecule has 6 aromatic carbocycles. The normalized spacial score (nSPS) is 14.7. The van der Waals surface area contributed by atoms with Gasteiger partial charge in [-0.1, -0.05) is 140 Å². The van der Waals surface area contributed by atoms with Gasteiger partial charge in [0.25, 0.3) is 0 Å². The summed E-state index contributed by atoms with van der Waals surface area (Å²) in [4.78, 5) is 15.6. The van der Waals surface area contributed by atoms with Gasteiger partial charge in [0.15, 0.2) is 17.5 Å². The molecule has 0 fully saturated rings. The van der Waals surface area contributed by atoms with Gasteiger partial charge in [-0.3, -0.25) is 0 Å². The van der Waals surface area contributed by atoms with Crippen molar-refractivity contribution >= 4 is 49.6 Å². The van der Waals surface area contributed by atoms with Crippen molar-refractivity contribution in [2.24, 2.45) is 0 Å². The lowest BCUT2D eigenvalue weighted by Crippen LogP contribution is -2.01. The van der Waals surface area contributed by atoms with Crippen molar-refractivity contribution in [1.29, 1.82) is 0 Å². The topological polar surface area (TPSA) is 51.8 Å². The molecule has 8 aromatic rings. The number of furan rings is 1. The van der Waals surface area contributed by atoms with Crippen LogP contribution in [-0.4, -0.2) is 15.0 Å². The van der Waals surface area contributed by atoms with Crippen LogP contribution in [0.4, 0.5) is 0 Å². The predicted molar refractivity (Wildman–Crippen MR) is 208 cm³/mol. The summed E-state index contributed by atoms with van der Waals surface area (Å²) in [7, 11) is 0. The first-order valence-corrected chi connectivity index (χ1v) is 17.1. The molecule has 4 nitrogen and oxygen atoms in total. The minimum absolute atomic E-state index is 0.373. The smallest absolute Gasteiger partial charge is 0.164 e. The Morgan fingerprint density at radius 1 is 0.620 bits per heavy atom. The summed E-state index contributed by atoms with van der Waals surface area (Å²) in [6, 6.07) is 40.3. The summed E-state index contributed by atoms with van der Waals surface area (Å²) in [5.41, 5.74) is 6.90. The molecule has 2 heterocycles. The highest BCUT2D eigenvalue weighted by Gasteiger charge is 2.19. The quantitative estimate of drug-likeness (QED) is 0.169. The Balaban J connectivity index is 1.27. The highest BCUT2D eigenvalue weighted by molar-refractivity contribution is 6.12. The van der Waals surface area contributed by atoms with Crippen LogP contribution in [0.25, 0.3) is 83.7 Å². The average molecular weight is 644 g/mol. The summed E-state index contributed by atoms with van der Waals surface area (Å²) >= 11 is 0. The van der Waals surface area contributed by atoms with E-state index in [0.29, 0.717) is 23.4 Å². The molecule has 0 spiro atoms. The number of fused-ring (bicyclic) bond motifs is 5. The molecule has 9 rings (SSSR count). The second kappa shape index (κ2) is 12.6. The number of nitrogens with zero attached hydrogens (tertiary/aromatic N) is 3. The van der Waals surface area contributed by atoms with E-state index in [0.717, 1.165) is 66.8 Å². The van der Waals surface area contributed by atoms with E-state index in [9.17, 15) is 0 Å². The van der Waals surface area contributed by atoms with Crippen LogP contribution in [0.1, 0.15) is 30.4 Å². The second-order valence-electron chi connectivity index (χ2n) is 12.7. The van der Waals surface area contributed by atoms with Crippen LogP contribution >= 0.6 is 0 Å². The molecular formula is C46H33N3O. The summed E-state index contributed by atoms with van der Waals surface area (Å²) in [5, 5.41) is 6.61. The predicted octanol–water partition coefficient (Wildman–Crippen LogP) is 12.3. The number of aromatic nitrogens is 3. The average Bonchev–Trinajstić information content (AvgIpc) is 3.57. The number of rotatable bonds is 6. The first-order chi connectivity index (χ1) is 24.7. The van der Waals surface area contributed by atoms with Crippen LogP contribution in [0.2, 0.25) is 0 Å². The van der Waals surface area contributed by atoms with E-state index in [1.165, 1.54) is 10.9 Å². The molecule has 1 aliphatic rings. The Labute approximate surface area is 290 Å². The van der Waals surface area contributed by atoms with Crippen molar-refractivity contribution in [3.8, 4) is 34.2 Å². The van der Waals surface area contributed by atoms with Gasteiger partial charge in [0.1, 0.15) is 11.2 Å². The third-order valence-electron chi connectivity index (χ3n) is 9.59. The molecule has 50 heavy (non-hydrogen) atoms. The maximum Gasteiger partial charge on any atom is 0.164 e. The highest BCUT2D eigenvalue weighted by atomic mass is 16.3. The highest BCUT2D eigenvalue weighted by Crippen LogP contribution is 2.38. The third-order valence-corrected chi connectivity index (χ3v) is 9.59. The largest absolute Gasteiger partial charge is 0.456 e. The Morgan fingerprint density at radius 3 is 2.26 bits per heavy atom. The fourth-order valence-electron chi connectivity index (χ4n) is 7.10. The maximum absolute atomic E-state index is 6.27. The summed E-state index contributed by atoms with van der Waals surface area (Å²) < 4.78 is 6.27. The molecule has 1 aliphatic carbocycles. The van der Waals surface area contributed by atoms with Crippen molar-refractivity contribution in [2.75, 3.05) is 0 Å². The van der Waals surface area contributed by atoms with E-state index in [1.54, 1.807) is 0 Å². The number of hydrogen-bond donors (Lipinski definition) is 0. The first kappa shape index (κ1) is 29.7. The molecule has 0 radical (unpaired) electrons. The zero-order valence-corrected chi connectivity index (χ0v) is 27.6. The Bertz CT molecular complexity index is 2710. The SMILES string of the molecule is C/C=C\C=C/c1ccc(-c2nc(-c3ccc4ccc(C5C=CC=CC5)cc4c3)nc(-c3cccc4oc5ccccc5c34)n2)c2ccccc12. The van der Waals surface area contributed by atoms with Crippen LogP contribution in [0.3, 0.4) is 0 Å². The molecule has 0 bridgehead atoms. The molecule has 0 saturated heterocycles. The fourth-order valence-corrected chi connectivity index (χ4v) is 7.10. The molecule has 0 saturated carbocycles. The van der Waals surface area contributed by atoms with Gasteiger partial charge in [-0.2, -0.15) is 0 Å². The van der Waals surface area contributed by atoms with Gasteiger partial charge < -0.3 is 4.42 Å². The molecule has 4 heteroatoms. The van der Waals surface area contributed by atoms with E-state index in [1.807, 2.05) is 49.4 Å². The van der Waals surface area contributed by atoms with Gasteiger partial charge >= 0.3 is 0 Å². The lowest BCUT2D eigenvalue weighted by Gasteiger charge is -2.15. The molecule has 2 aromatic heterocycles. The zero-order chi connectivity index (χ0) is 33.4. The van der Waals surface area contributed by atoms with Gasteiger partial charge in [0.05, 0.1) is 0 Å². The zero-order valence-electron chi connectivity index (χ0n) is 27.6. The van der Waals surface area contributed by atoms with E-state index in [2.05, 4.69) is 121 Å². The van der Waals surface area contributed by atoms with E-state index in [-0.39, 0.29) is 0 Å². The van der Waals surface area contributed by atoms with Gasteiger partial charge in [-0.15, -0.1) is 0 Å². The number of para-hydroxylation sites is 1. The molecule has 238 valence electrons. The third kappa shape index (κ3) is 5.32. The summed E-state index contributed by atoms with van der Waals surface area (Å²) in [6.07, 6.45) is 18.1. The van der Waals surface area contributed by atoms with Crippen molar-refractivity contribution < 1.29 is 4.42 Å². The molecule has 0 N–H and O–H groups in total. The van der Waals surface area contributed by atoms with Crippen LogP contribution in [-0.2, 0) is 0 Å². The number of benzene rings is 6. The Kier molecular flexibility index (Phi) is 7.47. The minimum atomic E-state index is 0.373. The van der Waals surface area contributed by atoms with Gasteiger partial charge in [0.2, 0.25) is 0 Å². The molecule has 0 aliphatic heterocycles. The van der Waals surface area contributed by atoms with Crippen molar-refractivity contribution in [2.45, 2.75) is 19.3 Å². The second-order valence-corrected chi connectivity index (χ2v) is 12.7. The van der Waals surface area contributed by atoms with Crippen molar-refractivity contribution in [3.63, 3.8) is 0 Å². The summed E-state index contributed by atoms with van der Waals surface area (Å²) in [5.74, 6) is 2.24. The van der Waals surface area contributed by atoms with Crippen LogP contribution < -0.4 is 0 Å². The number of hydrogen-bond acceptors (Lipinski definition) is 4. The maximum atomic E-state index is 6.27. The minimum Gasteiger partial charge on any atom is -0.456 e. The monoisotopic (exact) mass is 643 g/mol. The van der Waals surface area contributed by atoms with Crippen molar-refractivity contribution in [1.82, 2.24) is 15.0 Å². The number of allylic oxidation sites excluding steroid dienone is 7. The van der Waals surface area contributed by atoms with Crippen molar-refractivity contribution in [3.05, 3.63) is 169 Å². The van der Waals surface area contributed by atoms with Crippen LogP contribution in [0, 0.1) is 0 Å². The Hall–Kier alpha value is -6.39. The van der Waals surface area contributed by atoms with Gasteiger partial charge in [-0.25, -0.2) is 15.0 Å². The van der Waals surface area contributed by atoms with Crippen LogP contribution in [0.15, 0.2) is 162 Å². The first-order valence-electron chi connectivity index (χ1n) is 17.1. The molecule has 1 atom stereocenters. The Morgan fingerprint density at radius 2 is 1.40 bits per heavy atom. The lowest BCUT2D eigenvalue weighted by molar-refractivity contribution is 0.669. The standard InChI is InChI=1S/C46H33N3O/c1-2-3-5-15-32-26-27-38(37-17-9-8-16-36(32)37)45-47-44(34-25-23-31-22-24-33(28-35(31)29-34)30-13-6-4-7-14-30)48-46(49-45)40-19-12-21-42-43(40)39-18-10-11-20-41(39)50-42/h2-13,15-30H,14H2,1H3/b3-2-,15-5-. The van der Waals surface area contributed by atoms with Gasteiger partial charge in [0, 0.05) is 33.4 Å². The van der Waals surface area contributed by atoms with Crippen LogP contribution in [0.5, 0.6) is 0 Å².